The molecule has 0 bridgehead atoms. The first-order valence-electron chi connectivity index (χ1n) is 8.23. The summed E-state index contributed by atoms with van der Waals surface area (Å²) < 4.78 is 0. The molecule has 0 unspecified atom stereocenters. The van der Waals surface area contributed by atoms with Gasteiger partial charge in [0.2, 0.25) is 0 Å². The van der Waals surface area contributed by atoms with Crippen molar-refractivity contribution in [2.24, 2.45) is 0 Å². The Bertz CT molecular complexity index is 1230. The van der Waals surface area contributed by atoms with Crippen LogP contribution < -0.4 is 5.46 Å². The highest BCUT2D eigenvalue weighted by atomic mass is 14.8. The van der Waals surface area contributed by atoms with E-state index in [1.165, 1.54) is 10.8 Å². The number of aromatic nitrogens is 2. The lowest BCUT2D eigenvalue weighted by atomic mass is 9.93. The maximum absolute atomic E-state index is 5.93. The molecular formula is C22H13BN2. The van der Waals surface area contributed by atoms with Crippen molar-refractivity contribution in [3.05, 3.63) is 79.0 Å². The molecule has 4 aromatic carbocycles. The highest BCUT2D eigenvalue weighted by Gasteiger charge is 2.11. The maximum Gasteiger partial charge on any atom is 0.113 e. The van der Waals surface area contributed by atoms with Crippen LogP contribution in [0.15, 0.2) is 79.0 Å². The van der Waals surface area contributed by atoms with Crippen LogP contribution in [0.3, 0.4) is 0 Å². The van der Waals surface area contributed by atoms with Crippen LogP contribution in [0.4, 0.5) is 0 Å². The maximum atomic E-state index is 5.93. The fourth-order valence-corrected chi connectivity index (χ4v) is 3.46. The minimum absolute atomic E-state index is 0.725. The van der Waals surface area contributed by atoms with E-state index in [4.69, 9.17) is 17.8 Å². The monoisotopic (exact) mass is 316 g/mol. The molecule has 2 nitrogen and oxygen atoms in total. The zero-order chi connectivity index (χ0) is 16.8. The van der Waals surface area contributed by atoms with E-state index in [9.17, 15) is 0 Å². The molecule has 0 atom stereocenters. The van der Waals surface area contributed by atoms with E-state index in [1.54, 1.807) is 0 Å². The van der Waals surface area contributed by atoms with Gasteiger partial charge in [0.15, 0.2) is 0 Å². The normalized spacial score (nSPS) is 11.4. The topological polar surface area (TPSA) is 25.8 Å². The van der Waals surface area contributed by atoms with E-state index in [-0.39, 0.29) is 0 Å². The van der Waals surface area contributed by atoms with Crippen molar-refractivity contribution in [2.45, 2.75) is 0 Å². The van der Waals surface area contributed by atoms with Gasteiger partial charge in [0.1, 0.15) is 7.85 Å². The van der Waals surface area contributed by atoms with Gasteiger partial charge in [-0.1, -0.05) is 78.3 Å². The summed E-state index contributed by atoms with van der Waals surface area (Å²) in [5.41, 5.74) is 4.39. The minimum atomic E-state index is 0.725. The standard InChI is InChI=1S/C22H13BN2/c23-15-7-5-6-14(12-15)20-13-24-21-18-10-3-1-8-16(18)17-9-2-4-11-19(17)22(21)25-20/h1-13H. The predicted octanol–water partition coefficient (Wildman–Crippen LogP) is 4.40. The SMILES string of the molecule is [B]c1cccc(-c2cnc3c4ccccc4c4ccccc4c3n2)c1. The molecule has 0 saturated carbocycles. The van der Waals surface area contributed by atoms with Gasteiger partial charge in [-0.2, -0.15) is 0 Å². The fourth-order valence-electron chi connectivity index (χ4n) is 3.46. The van der Waals surface area contributed by atoms with E-state index >= 15 is 0 Å². The first-order valence-corrected chi connectivity index (χ1v) is 8.23. The van der Waals surface area contributed by atoms with Crippen molar-refractivity contribution in [2.75, 3.05) is 0 Å². The van der Waals surface area contributed by atoms with Crippen molar-refractivity contribution < 1.29 is 0 Å². The third-order valence-corrected chi connectivity index (χ3v) is 4.61. The highest BCUT2D eigenvalue weighted by Crippen LogP contribution is 2.33. The van der Waals surface area contributed by atoms with Crippen molar-refractivity contribution in [3.8, 4) is 11.3 Å². The van der Waals surface area contributed by atoms with Crippen LogP contribution in [0, 0.1) is 0 Å². The van der Waals surface area contributed by atoms with Crippen LogP contribution in [0.1, 0.15) is 0 Å². The van der Waals surface area contributed by atoms with E-state index in [2.05, 4.69) is 36.4 Å². The zero-order valence-corrected chi connectivity index (χ0v) is 13.5. The molecule has 5 aromatic rings. The van der Waals surface area contributed by atoms with Crippen LogP contribution >= 0.6 is 0 Å². The Kier molecular flexibility index (Phi) is 3.07. The molecule has 3 heteroatoms. The minimum Gasteiger partial charge on any atom is -0.252 e. The van der Waals surface area contributed by atoms with Gasteiger partial charge in [0.25, 0.3) is 0 Å². The van der Waals surface area contributed by atoms with Crippen molar-refractivity contribution in [1.82, 2.24) is 9.97 Å². The second kappa shape index (κ2) is 5.42. The first-order chi connectivity index (χ1) is 12.3. The molecule has 0 saturated heterocycles. The van der Waals surface area contributed by atoms with E-state index in [0.29, 0.717) is 0 Å². The van der Waals surface area contributed by atoms with Gasteiger partial charge in [-0.25, -0.2) is 4.98 Å². The average Bonchev–Trinajstić information content (AvgIpc) is 2.68. The summed E-state index contributed by atoms with van der Waals surface area (Å²) in [4.78, 5) is 9.71. The predicted molar refractivity (Wildman–Crippen MR) is 105 cm³/mol. The fraction of sp³-hybridized carbons (Fsp3) is 0. The highest BCUT2D eigenvalue weighted by molar-refractivity contribution is 6.32. The van der Waals surface area contributed by atoms with E-state index in [1.807, 2.05) is 42.6 Å². The van der Waals surface area contributed by atoms with Gasteiger partial charge in [-0.3, -0.25) is 4.98 Å². The average molecular weight is 316 g/mol. The molecule has 0 fully saturated rings. The van der Waals surface area contributed by atoms with E-state index in [0.717, 1.165) is 38.5 Å². The summed E-state index contributed by atoms with van der Waals surface area (Å²) in [7, 11) is 5.93. The second-order valence-corrected chi connectivity index (χ2v) is 6.17. The summed E-state index contributed by atoms with van der Waals surface area (Å²) >= 11 is 0. The number of hydrogen-bond acceptors (Lipinski definition) is 2. The quantitative estimate of drug-likeness (QED) is 0.338. The Labute approximate surface area is 146 Å². The van der Waals surface area contributed by atoms with Gasteiger partial charge < -0.3 is 0 Å². The first kappa shape index (κ1) is 14.2. The lowest BCUT2D eigenvalue weighted by Crippen LogP contribution is -2.01. The molecule has 114 valence electrons. The molecule has 0 aliphatic heterocycles. The largest absolute Gasteiger partial charge is 0.252 e. The molecular weight excluding hydrogens is 303 g/mol. The van der Waals surface area contributed by atoms with Gasteiger partial charge in [-0.05, 0) is 10.8 Å². The van der Waals surface area contributed by atoms with Crippen LogP contribution in [0.5, 0.6) is 0 Å². The van der Waals surface area contributed by atoms with Crippen LogP contribution in [-0.2, 0) is 0 Å². The molecule has 2 radical (unpaired) electrons. The smallest absolute Gasteiger partial charge is 0.113 e. The molecule has 0 N–H and O–H groups in total. The number of fused-ring (bicyclic) bond motifs is 6. The molecule has 0 aliphatic carbocycles. The Morgan fingerprint density at radius 1 is 0.640 bits per heavy atom. The van der Waals surface area contributed by atoms with Gasteiger partial charge in [-0.15, -0.1) is 0 Å². The third-order valence-electron chi connectivity index (χ3n) is 4.61. The molecule has 0 amide bonds. The number of rotatable bonds is 1. The van der Waals surface area contributed by atoms with E-state index < -0.39 is 0 Å². The molecule has 5 rings (SSSR count). The second-order valence-electron chi connectivity index (χ2n) is 6.17. The number of hydrogen-bond donors (Lipinski definition) is 0. The van der Waals surface area contributed by atoms with Gasteiger partial charge in [0.05, 0.1) is 22.9 Å². The zero-order valence-electron chi connectivity index (χ0n) is 13.5. The molecule has 0 spiro atoms. The Hall–Kier alpha value is -3.20. The lowest BCUT2D eigenvalue weighted by molar-refractivity contribution is 1.31. The number of nitrogens with zero attached hydrogens (tertiary/aromatic N) is 2. The Balaban J connectivity index is 1.93. The summed E-state index contributed by atoms with van der Waals surface area (Å²) in [6, 6.07) is 24.5. The van der Waals surface area contributed by atoms with Gasteiger partial charge in [0, 0.05) is 16.3 Å². The Morgan fingerprint density at radius 3 is 1.96 bits per heavy atom. The Morgan fingerprint density at radius 2 is 1.28 bits per heavy atom. The summed E-state index contributed by atoms with van der Waals surface area (Å²) in [6.45, 7) is 0. The summed E-state index contributed by atoms with van der Waals surface area (Å²) in [5.74, 6) is 0. The molecule has 1 heterocycles. The van der Waals surface area contributed by atoms with Crippen molar-refractivity contribution in [1.29, 1.82) is 0 Å². The molecule has 25 heavy (non-hydrogen) atoms. The van der Waals surface area contributed by atoms with Crippen LogP contribution in [-0.4, -0.2) is 17.8 Å². The van der Waals surface area contributed by atoms with Crippen LogP contribution in [0.2, 0.25) is 0 Å². The molecule has 1 aromatic heterocycles. The summed E-state index contributed by atoms with van der Waals surface area (Å²) in [5, 5.41) is 4.65. The third kappa shape index (κ3) is 2.20. The number of benzene rings is 4. The van der Waals surface area contributed by atoms with Gasteiger partial charge >= 0.3 is 0 Å². The van der Waals surface area contributed by atoms with Crippen molar-refractivity contribution in [3.63, 3.8) is 0 Å². The van der Waals surface area contributed by atoms with Crippen LogP contribution in [0.25, 0.3) is 43.8 Å². The summed E-state index contributed by atoms with van der Waals surface area (Å²) in [6.07, 6.45) is 1.83. The van der Waals surface area contributed by atoms with Crippen molar-refractivity contribution >= 4 is 45.9 Å². The molecule has 0 aliphatic rings. The lowest BCUT2D eigenvalue weighted by Gasteiger charge is -2.10.